The van der Waals surface area contributed by atoms with E-state index in [1.54, 1.807) is 12.1 Å². The summed E-state index contributed by atoms with van der Waals surface area (Å²) in [6.07, 6.45) is 23.5. The van der Waals surface area contributed by atoms with Gasteiger partial charge in [-0.2, -0.15) is 5.26 Å². The summed E-state index contributed by atoms with van der Waals surface area (Å²) in [4.78, 5) is 18.8. The van der Waals surface area contributed by atoms with E-state index >= 15 is 4.39 Å². The lowest BCUT2D eigenvalue weighted by molar-refractivity contribution is 0.437. The zero-order valence-corrected chi connectivity index (χ0v) is 29.5. The summed E-state index contributed by atoms with van der Waals surface area (Å²) in [6.45, 7) is 0. The quantitative estimate of drug-likeness (QED) is 0.179. The van der Waals surface area contributed by atoms with E-state index in [1.807, 2.05) is 78.1 Å². The highest BCUT2D eigenvalue weighted by Crippen LogP contribution is 2.40. The minimum absolute atomic E-state index is 0.371. The van der Waals surface area contributed by atoms with Gasteiger partial charge in [0.2, 0.25) is 0 Å². The monoisotopic (exact) mass is 695 g/mol. The van der Waals surface area contributed by atoms with E-state index in [4.69, 9.17) is 9.97 Å². The summed E-state index contributed by atoms with van der Waals surface area (Å²) in [5, 5.41) is 14.8. The maximum absolute atomic E-state index is 16.4. The maximum atomic E-state index is 16.4. The predicted molar refractivity (Wildman–Crippen MR) is 208 cm³/mol. The van der Waals surface area contributed by atoms with Crippen molar-refractivity contribution < 1.29 is 4.39 Å². The Balaban J connectivity index is 1.04. The van der Waals surface area contributed by atoms with Gasteiger partial charge < -0.3 is 9.13 Å². The minimum atomic E-state index is -0.405. The van der Waals surface area contributed by atoms with Gasteiger partial charge in [-0.25, -0.2) is 4.39 Å². The van der Waals surface area contributed by atoms with E-state index in [1.165, 1.54) is 64.2 Å². The van der Waals surface area contributed by atoms with Gasteiger partial charge in [0.25, 0.3) is 0 Å². The fraction of sp³-hybridized carbons (Fsp3) is 0.267. The minimum Gasteiger partial charge on any atom is -0.306 e. The van der Waals surface area contributed by atoms with Crippen molar-refractivity contribution >= 4 is 43.6 Å². The van der Waals surface area contributed by atoms with Crippen molar-refractivity contribution in [1.82, 2.24) is 29.1 Å². The first-order valence-electron chi connectivity index (χ1n) is 19.0. The Hall–Kier alpha value is -5.94. The number of fused-ring (bicyclic) bond motifs is 6. The molecule has 0 amide bonds. The van der Waals surface area contributed by atoms with Gasteiger partial charge in [-0.15, -0.1) is 0 Å². The van der Waals surface area contributed by atoms with Gasteiger partial charge in [-0.05, 0) is 80.3 Å². The molecule has 2 aliphatic carbocycles. The lowest BCUT2D eigenvalue weighted by Gasteiger charge is -2.21. The molecule has 6 heterocycles. The van der Waals surface area contributed by atoms with Gasteiger partial charge in [-0.3, -0.25) is 19.9 Å². The van der Waals surface area contributed by atoms with Gasteiger partial charge in [0, 0.05) is 79.7 Å². The molecule has 0 bridgehead atoms. The summed E-state index contributed by atoms with van der Waals surface area (Å²) < 4.78 is 20.5. The molecule has 6 aromatic heterocycles. The average molecular weight is 696 g/mol. The predicted octanol–water partition coefficient (Wildman–Crippen LogP) is 11.2. The van der Waals surface area contributed by atoms with Crippen LogP contribution in [0.1, 0.15) is 93.0 Å². The highest BCUT2D eigenvalue weighted by Gasteiger charge is 2.23. The van der Waals surface area contributed by atoms with Crippen LogP contribution in [-0.4, -0.2) is 29.1 Å². The first kappa shape index (κ1) is 31.8. The zero-order valence-electron chi connectivity index (χ0n) is 29.5. The summed E-state index contributed by atoms with van der Waals surface area (Å²) >= 11 is 0. The van der Waals surface area contributed by atoms with Gasteiger partial charge >= 0.3 is 0 Å². The molecule has 2 aliphatic rings. The Labute approximate surface area is 306 Å². The van der Waals surface area contributed by atoms with Crippen LogP contribution >= 0.6 is 0 Å². The van der Waals surface area contributed by atoms with Crippen LogP contribution < -0.4 is 0 Å². The summed E-state index contributed by atoms with van der Waals surface area (Å²) in [5.41, 5.74) is 8.80. The fourth-order valence-electron chi connectivity index (χ4n) is 9.22. The lowest BCUT2D eigenvalue weighted by atomic mass is 9.86. The molecular formula is C45H38FN7. The molecule has 8 aromatic rings. The first-order chi connectivity index (χ1) is 26.2. The van der Waals surface area contributed by atoms with Gasteiger partial charge in [0.05, 0.1) is 58.5 Å². The topological polar surface area (TPSA) is 85.2 Å². The molecule has 0 N–H and O–H groups in total. The normalized spacial score (nSPS) is 15.8. The number of benzene rings is 2. The van der Waals surface area contributed by atoms with Crippen LogP contribution in [0.3, 0.4) is 0 Å². The number of pyridine rings is 4. The molecule has 260 valence electrons. The van der Waals surface area contributed by atoms with Crippen LogP contribution in [0.15, 0.2) is 97.8 Å². The maximum Gasteiger partial charge on any atom is 0.133 e. The van der Waals surface area contributed by atoms with Crippen molar-refractivity contribution in [3.8, 4) is 28.6 Å². The number of hydrogen-bond donors (Lipinski definition) is 0. The van der Waals surface area contributed by atoms with Crippen molar-refractivity contribution in [3.63, 3.8) is 0 Å². The molecule has 2 aromatic carbocycles. The van der Waals surface area contributed by atoms with Crippen LogP contribution in [0.5, 0.6) is 0 Å². The molecule has 0 spiro atoms. The van der Waals surface area contributed by atoms with Crippen molar-refractivity contribution in [3.05, 3.63) is 121 Å². The van der Waals surface area contributed by atoms with Gasteiger partial charge in [-0.1, -0.05) is 44.6 Å². The van der Waals surface area contributed by atoms with Gasteiger partial charge in [0.1, 0.15) is 5.82 Å². The van der Waals surface area contributed by atoms with E-state index in [-0.39, 0.29) is 0 Å². The molecule has 2 fully saturated rings. The van der Waals surface area contributed by atoms with E-state index in [2.05, 4.69) is 32.7 Å². The average Bonchev–Trinajstić information content (AvgIpc) is 3.73. The lowest BCUT2D eigenvalue weighted by Crippen LogP contribution is -2.06. The highest BCUT2D eigenvalue weighted by atomic mass is 19.1. The van der Waals surface area contributed by atoms with Crippen molar-refractivity contribution in [1.29, 1.82) is 5.26 Å². The number of halogens is 1. The van der Waals surface area contributed by atoms with Crippen LogP contribution in [-0.2, 0) is 0 Å². The SMILES string of the molecule is N#Cc1cc(-n2c3cnccc3c3cc(C4CCCCC4)ncc32)ccc1-c1ccc(-n2c3cnccc3c3cc(C4CCCCC4)ncc32)cc1F. The Morgan fingerprint density at radius 3 is 1.55 bits per heavy atom. The molecular weight excluding hydrogens is 658 g/mol. The molecule has 0 atom stereocenters. The van der Waals surface area contributed by atoms with Crippen LogP contribution in [0, 0.1) is 17.1 Å². The molecule has 0 aliphatic heterocycles. The first-order valence-corrected chi connectivity index (χ1v) is 19.0. The Morgan fingerprint density at radius 2 is 1.04 bits per heavy atom. The largest absolute Gasteiger partial charge is 0.306 e. The molecule has 7 nitrogen and oxygen atoms in total. The van der Waals surface area contributed by atoms with Crippen molar-refractivity contribution in [2.24, 2.45) is 0 Å². The molecule has 0 unspecified atom stereocenters. The second-order valence-corrected chi connectivity index (χ2v) is 14.9. The van der Waals surface area contributed by atoms with Crippen LogP contribution in [0.25, 0.3) is 66.1 Å². The molecule has 0 radical (unpaired) electrons. The van der Waals surface area contributed by atoms with E-state index in [9.17, 15) is 5.26 Å². The fourth-order valence-corrected chi connectivity index (χ4v) is 9.22. The Bertz CT molecular complexity index is 2740. The summed E-state index contributed by atoms with van der Waals surface area (Å²) in [7, 11) is 0. The Kier molecular flexibility index (Phi) is 7.75. The van der Waals surface area contributed by atoms with E-state index < -0.39 is 5.82 Å². The van der Waals surface area contributed by atoms with E-state index in [0.29, 0.717) is 34.2 Å². The summed E-state index contributed by atoms with van der Waals surface area (Å²) in [6, 6.07) is 21.8. The third-order valence-electron chi connectivity index (χ3n) is 11.9. The highest BCUT2D eigenvalue weighted by molar-refractivity contribution is 6.10. The summed E-state index contributed by atoms with van der Waals surface area (Å²) in [5.74, 6) is 0.563. The smallest absolute Gasteiger partial charge is 0.133 e. The number of rotatable bonds is 5. The Morgan fingerprint density at radius 1 is 0.547 bits per heavy atom. The second kappa shape index (κ2) is 12.9. The molecule has 0 saturated heterocycles. The van der Waals surface area contributed by atoms with E-state index in [0.717, 1.165) is 60.7 Å². The van der Waals surface area contributed by atoms with Gasteiger partial charge in [0.15, 0.2) is 0 Å². The zero-order chi connectivity index (χ0) is 35.5. The number of nitrogens with zero attached hydrogens (tertiary/aromatic N) is 7. The number of nitriles is 1. The molecule has 53 heavy (non-hydrogen) atoms. The number of hydrogen-bond acceptors (Lipinski definition) is 5. The van der Waals surface area contributed by atoms with Crippen LogP contribution in [0.4, 0.5) is 4.39 Å². The third-order valence-corrected chi connectivity index (χ3v) is 11.9. The third kappa shape index (κ3) is 5.29. The number of aromatic nitrogens is 6. The molecule has 10 rings (SSSR count). The second-order valence-electron chi connectivity index (χ2n) is 14.9. The van der Waals surface area contributed by atoms with Crippen molar-refractivity contribution in [2.75, 3.05) is 0 Å². The van der Waals surface area contributed by atoms with Crippen LogP contribution in [0.2, 0.25) is 0 Å². The van der Waals surface area contributed by atoms with Crippen molar-refractivity contribution in [2.45, 2.75) is 76.0 Å². The molecule has 8 heteroatoms. The molecule has 2 saturated carbocycles. The standard InChI is InChI=1S/C45H38FN7/c46-39-20-32(53-43-25-49-18-16-36(43)38-22-41(51-27-45(38)53)29-9-5-2-6-10-29)12-14-34(39)33-13-11-31(19-30(33)23-47)52-42-24-48-17-15-35(42)37-21-40(50-26-44(37)52)28-7-3-1-4-8-28/h11-22,24-29H,1-10H2.